The minimum absolute atomic E-state index is 0. The SMILES string of the molecule is O.O.O=[Si](O)O.O=[Si](O)O.O=[Si](O)O.[AlH3].[AlH3].[Ce]. The van der Waals surface area contributed by atoms with Gasteiger partial charge in [-0.05, 0) is 0 Å². The van der Waals surface area contributed by atoms with Crippen molar-refractivity contribution in [3.05, 3.63) is 0 Å². The average Bonchev–Trinajstić information content (AvgIpc) is 1.54. The summed E-state index contributed by atoms with van der Waals surface area (Å²) in [4.78, 5) is 42.9. The third kappa shape index (κ3) is 2710. The van der Waals surface area contributed by atoms with E-state index in [0.717, 1.165) is 0 Å². The molecular formula is H16Al2CeO11Si3. The van der Waals surface area contributed by atoms with Gasteiger partial charge in [-0.15, -0.1) is 0 Å². The predicted octanol–water partition coefficient (Wildman–Crippen LogP) is -8.86. The fourth-order valence-corrected chi connectivity index (χ4v) is 0. The normalized spacial score (nSPS) is 4.24. The van der Waals surface area contributed by atoms with E-state index >= 15 is 0 Å². The average molecular weight is 470 g/mol. The summed E-state index contributed by atoms with van der Waals surface area (Å²) in [5, 5.41) is 0. The van der Waals surface area contributed by atoms with Crippen LogP contribution < -0.4 is 0 Å². The summed E-state index contributed by atoms with van der Waals surface area (Å²) in [5.41, 5.74) is 0. The Morgan fingerprint density at radius 2 is 0.529 bits per heavy atom. The van der Waals surface area contributed by atoms with Gasteiger partial charge in [-0.25, -0.2) is 0 Å². The number of rotatable bonds is 0. The van der Waals surface area contributed by atoms with Crippen LogP contribution in [0.15, 0.2) is 0 Å². The Morgan fingerprint density at radius 3 is 0.529 bits per heavy atom. The molecule has 0 aromatic heterocycles. The first-order valence-electron chi connectivity index (χ1n) is 1.95. The molecule has 11 nitrogen and oxygen atoms in total. The minimum atomic E-state index is -3.13. The Hall–Kier alpha value is 1.21. The van der Waals surface area contributed by atoms with Crippen LogP contribution in [0, 0.1) is 41.7 Å². The van der Waals surface area contributed by atoms with E-state index in [9.17, 15) is 0 Å². The molecule has 0 aliphatic carbocycles. The van der Waals surface area contributed by atoms with Crippen LogP contribution in [0.25, 0.3) is 0 Å². The van der Waals surface area contributed by atoms with E-state index in [0.29, 0.717) is 0 Å². The van der Waals surface area contributed by atoms with E-state index < -0.39 is 27.5 Å². The monoisotopic (exact) mass is 470 g/mol. The Balaban J connectivity index is -0.0000000104. The van der Waals surface area contributed by atoms with Gasteiger partial charge in [0, 0.05) is 41.7 Å². The third-order valence-electron chi connectivity index (χ3n) is 0. The Morgan fingerprint density at radius 1 is 0.529 bits per heavy atom. The predicted molar refractivity (Wildman–Crippen MR) is 59.7 cm³/mol. The van der Waals surface area contributed by atoms with E-state index in [1.165, 1.54) is 0 Å². The molecule has 0 unspecified atom stereocenters. The fourth-order valence-electron chi connectivity index (χ4n) is 0. The molecule has 0 heterocycles. The zero-order valence-electron chi connectivity index (χ0n) is 6.91. The summed E-state index contributed by atoms with van der Waals surface area (Å²) in [6.45, 7) is 0. The molecule has 0 fully saturated rings. The zero-order valence-corrected chi connectivity index (χ0v) is 13.0. The van der Waals surface area contributed by atoms with Gasteiger partial charge in [-0.3, -0.25) is 13.4 Å². The van der Waals surface area contributed by atoms with Crippen LogP contribution in [0.2, 0.25) is 0 Å². The van der Waals surface area contributed by atoms with Crippen LogP contribution >= 0.6 is 0 Å². The molecular weight excluding hydrogens is 454 g/mol. The molecule has 0 aromatic carbocycles. The van der Waals surface area contributed by atoms with Crippen LogP contribution in [-0.2, 0) is 13.4 Å². The quantitative estimate of drug-likeness (QED) is 0.184. The van der Waals surface area contributed by atoms with Gasteiger partial charge in [0.15, 0.2) is 34.7 Å². The molecule has 0 atom stereocenters. The van der Waals surface area contributed by atoms with Crippen LogP contribution in [0.5, 0.6) is 0 Å². The summed E-state index contributed by atoms with van der Waals surface area (Å²) in [6.07, 6.45) is 0. The number of hydrogen-bond acceptors (Lipinski definition) is 3. The van der Waals surface area contributed by atoms with Crippen molar-refractivity contribution in [2.24, 2.45) is 0 Å². The standard InChI is InChI=1S/2Al.Ce.3H2O3Si.2H2O.6H/c;;;3*1-4(2)3;;;;;;;;/h;;;3*1-2H;2*1H2;;;;;;. The van der Waals surface area contributed by atoms with Crippen molar-refractivity contribution in [1.29, 1.82) is 0 Å². The molecule has 17 heavy (non-hydrogen) atoms. The molecule has 0 saturated carbocycles. The van der Waals surface area contributed by atoms with Gasteiger partial charge >= 0.3 is 27.5 Å². The zero-order chi connectivity index (χ0) is 10.7. The first-order chi connectivity index (χ1) is 5.20. The molecule has 0 rings (SSSR count). The molecule has 104 valence electrons. The topological polar surface area (TPSA) is 236 Å². The summed E-state index contributed by atoms with van der Waals surface area (Å²) in [7, 11) is -9.39. The van der Waals surface area contributed by atoms with E-state index in [4.69, 9.17) is 42.2 Å². The van der Waals surface area contributed by atoms with Crippen LogP contribution in [-0.4, -0.2) is 102 Å². The summed E-state index contributed by atoms with van der Waals surface area (Å²) < 4.78 is 26.2. The van der Waals surface area contributed by atoms with Gasteiger partial charge in [0.1, 0.15) is 0 Å². The van der Waals surface area contributed by atoms with Gasteiger partial charge in [-0.2, -0.15) is 0 Å². The maximum atomic E-state index is 8.74. The maximum absolute atomic E-state index is 8.74. The molecule has 10 N–H and O–H groups in total. The molecule has 0 radical (unpaired) electrons. The Kier molecular flexibility index (Phi) is 132. The second kappa shape index (κ2) is 43.4. The number of hydrogen-bond donors (Lipinski definition) is 6. The van der Waals surface area contributed by atoms with Gasteiger partial charge < -0.3 is 39.7 Å². The van der Waals surface area contributed by atoms with Crippen LogP contribution in [0.3, 0.4) is 0 Å². The molecule has 0 amide bonds. The second-order valence-corrected chi connectivity index (χ2v) is 2.54. The molecule has 0 aromatic rings. The molecule has 0 bridgehead atoms. The van der Waals surface area contributed by atoms with Gasteiger partial charge in [0.05, 0.1) is 0 Å². The smallest absolute Gasteiger partial charge is 0.511 e. The fraction of sp³-hybridized carbons (Fsp3) is 0. The van der Waals surface area contributed by atoms with Gasteiger partial charge in [0.25, 0.3) is 0 Å². The summed E-state index contributed by atoms with van der Waals surface area (Å²) in [6, 6.07) is 0. The van der Waals surface area contributed by atoms with Crippen molar-refractivity contribution in [2.45, 2.75) is 0 Å². The van der Waals surface area contributed by atoms with Crippen molar-refractivity contribution in [3.8, 4) is 0 Å². The van der Waals surface area contributed by atoms with E-state index in [2.05, 4.69) is 0 Å². The summed E-state index contributed by atoms with van der Waals surface area (Å²) >= 11 is 0. The Labute approximate surface area is 155 Å². The van der Waals surface area contributed by atoms with Crippen LogP contribution in [0.4, 0.5) is 0 Å². The van der Waals surface area contributed by atoms with Crippen molar-refractivity contribution in [3.63, 3.8) is 0 Å². The second-order valence-electron chi connectivity index (χ2n) is 0.848. The van der Waals surface area contributed by atoms with E-state index in [-0.39, 0.29) is 87.4 Å². The first-order valence-corrected chi connectivity index (χ1v) is 5.86. The Bertz CT molecular complexity index is 122. The van der Waals surface area contributed by atoms with Gasteiger partial charge in [0.2, 0.25) is 0 Å². The molecule has 0 saturated heterocycles. The van der Waals surface area contributed by atoms with E-state index in [1.807, 2.05) is 0 Å². The molecule has 0 spiro atoms. The van der Waals surface area contributed by atoms with Crippen molar-refractivity contribution in [2.75, 3.05) is 0 Å². The molecule has 0 aliphatic heterocycles. The van der Waals surface area contributed by atoms with Crippen molar-refractivity contribution < 1.29 is 94.9 Å². The minimum Gasteiger partial charge on any atom is -0.511 e. The third-order valence-corrected chi connectivity index (χ3v) is 0. The van der Waals surface area contributed by atoms with E-state index in [1.54, 1.807) is 0 Å². The van der Waals surface area contributed by atoms with Crippen molar-refractivity contribution >= 4 is 62.2 Å². The molecule has 0 aliphatic rings. The first kappa shape index (κ1) is 51.7. The van der Waals surface area contributed by atoms with Crippen molar-refractivity contribution in [1.82, 2.24) is 0 Å². The largest absolute Gasteiger partial charge is 0.761 e. The summed E-state index contributed by atoms with van der Waals surface area (Å²) in [5.74, 6) is 0. The molecule has 17 heteroatoms. The van der Waals surface area contributed by atoms with Crippen LogP contribution in [0.1, 0.15) is 0 Å². The van der Waals surface area contributed by atoms with Gasteiger partial charge in [-0.1, -0.05) is 0 Å². The maximum Gasteiger partial charge on any atom is 0.761 e.